The lowest BCUT2D eigenvalue weighted by Gasteiger charge is -2.04. The van der Waals surface area contributed by atoms with E-state index in [1.165, 1.54) is 0 Å². The maximum atomic E-state index is 11.5. The molecule has 0 bridgehead atoms. The lowest BCUT2D eigenvalue weighted by Crippen LogP contribution is -2.30. The number of benzene rings is 1. The molecular formula is C11H16N2O3S. The molecular weight excluding hydrogens is 240 g/mol. The zero-order valence-corrected chi connectivity index (χ0v) is 10.5. The van der Waals surface area contributed by atoms with Crippen LogP contribution in [-0.4, -0.2) is 20.1 Å². The molecule has 0 fully saturated rings. The van der Waals surface area contributed by atoms with Crippen molar-refractivity contribution in [2.75, 3.05) is 5.75 Å². The van der Waals surface area contributed by atoms with E-state index >= 15 is 0 Å². The summed E-state index contributed by atoms with van der Waals surface area (Å²) in [5.74, 6) is 4.80. The van der Waals surface area contributed by atoms with Gasteiger partial charge in [-0.15, -0.1) is 0 Å². The number of sulfone groups is 1. The first-order valence-electron chi connectivity index (χ1n) is 5.30. The minimum atomic E-state index is -3.15. The summed E-state index contributed by atoms with van der Waals surface area (Å²) < 4.78 is 23.1. The molecule has 0 atom stereocenters. The Balaban J connectivity index is 2.72. The molecule has 1 aromatic carbocycles. The number of aryl methyl sites for hydroxylation is 1. The fourth-order valence-corrected chi connectivity index (χ4v) is 2.24. The van der Waals surface area contributed by atoms with Crippen LogP contribution in [0.25, 0.3) is 0 Å². The van der Waals surface area contributed by atoms with Crippen LogP contribution in [0, 0.1) is 0 Å². The third-order valence-corrected chi connectivity index (χ3v) is 4.21. The Morgan fingerprint density at radius 3 is 2.35 bits per heavy atom. The summed E-state index contributed by atoms with van der Waals surface area (Å²) in [5.41, 5.74) is 2.95. The number of hydrogen-bond donors (Lipinski definition) is 2. The van der Waals surface area contributed by atoms with Crippen molar-refractivity contribution in [2.24, 2.45) is 5.84 Å². The Labute approximate surface area is 101 Å². The Morgan fingerprint density at radius 1 is 1.29 bits per heavy atom. The van der Waals surface area contributed by atoms with Crippen LogP contribution in [0.15, 0.2) is 29.2 Å². The first-order chi connectivity index (χ1) is 7.99. The Morgan fingerprint density at radius 2 is 1.88 bits per heavy atom. The molecule has 1 aromatic rings. The molecule has 0 unspecified atom stereocenters. The smallest absolute Gasteiger partial charge is 0.234 e. The van der Waals surface area contributed by atoms with Gasteiger partial charge in [0.1, 0.15) is 0 Å². The maximum Gasteiger partial charge on any atom is 0.234 e. The molecule has 1 rings (SSSR count). The third-order valence-electron chi connectivity index (χ3n) is 2.46. The number of hydrazine groups is 1. The van der Waals surface area contributed by atoms with Crippen LogP contribution in [0.2, 0.25) is 0 Å². The van der Waals surface area contributed by atoms with Crippen molar-refractivity contribution in [1.29, 1.82) is 0 Å². The highest BCUT2D eigenvalue weighted by Gasteiger charge is 2.10. The van der Waals surface area contributed by atoms with E-state index in [2.05, 4.69) is 0 Å². The van der Waals surface area contributed by atoms with E-state index in [0.29, 0.717) is 11.3 Å². The van der Waals surface area contributed by atoms with Crippen molar-refractivity contribution < 1.29 is 13.2 Å². The number of amides is 1. The summed E-state index contributed by atoms with van der Waals surface area (Å²) in [5, 5.41) is 0. The molecule has 0 aliphatic heterocycles. The summed E-state index contributed by atoms with van der Waals surface area (Å²) in [6, 6.07) is 6.56. The van der Waals surface area contributed by atoms with Crippen LogP contribution >= 0.6 is 0 Å². The van der Waals surface area contributed by atoms with E-state index in [1.54, 1.807) is 31.2 Å². The number of rotatable bonds is 5. The average molecular weight is 256 g/mol. The van der Waals surface area contributed by atoms with Crippen LogP contribution in [0.4, 0.5) is 0 Å². The van der Waals surface area contributed by atoms with E-state index in [1.807, 2.05) is 5.43 Å². The van der Waals surface area contributed by atoms with Crippen LogP contribution in [0.5, 0.6) is 0 Å². The van der Waals surface area contributed by atoms with Crippen LogP contribution in [-0.2, 0) is 21.1 Å². The molecule has 94 valence electrons. The summed E-state index contributed by atoms with van der Waals surface area (Å²) in [6.45, 7) is 1.61. The molecule has 5 nitrogen and oxygen atoms in total. The predicted octanol–water partition coefficient (Wildman–Crippen LogP) is 0.403. The second kappa shape index (κ2) is 5.79. The van der Waals surface area contributed by atoms with Crippen LogP contribution in [0.1, 0.15) is 18.9 Å². The van der Waals surface area contributed by atoms with Crippen LogP contribution < -0.4 is 11.3 Å². The summed E-state index contributed by atoms with van der Waals surface area (Å²) in [6.07, 6.45) is 0.825. The lowest BCUT2D eigenvalue weighted by atomic mass is 10.1. The minimum Gasteiger partial charge on any atom is -0.294 e. The quantitative estimate of drug-likeness (QED) is 0.453. The topological polar surface area (TPSA) is 89.3 Å². The molecule has 0 saturated carbocycles. The minimum absolute atomic E-state index is 0.0852. The normalized spacial score (nSPS) is 11.2. The van der Waals surface area contributed by atoms with Crippen molar-refractivity contribution in [3.63, 3.8) is 0 Å². The second-order valence-corrected chi connectivity index (χ2v) is 5.89. The number of nitrogens with one attached hydrogen (secondary N) is 1. The van der Waals surface area contributed by atoms with E-state index in [4.69, 9.17) is 5.84 Å². The van der Waals surface area contributed by atoms with Gasteiger partial charge in [0, 0.05) is 6.42 Å². The van der Waals surface area contributed by atoms with Crippen molar-refractivity contribution in [2.45, 2.75) is 24.7 Å². The molecule has 0 radical (unpaired) electrons. The van der Waals surface area contributed by atoms with Gasteiger partial charge < -0.3 is 0 Å². The van der Waals surface area contributed by atoms with Crippen molar-refractivity contribution in [3.05, 3.63) is 29.8 Å². The van der Waals surface area contributed by atoms with E-state index in [9.17, 15) is 13.2 Å². The molecule has 6 heteroatoms. The van der Waals surface area contributed by atoms with Gasteiger partial charge >= 0.3 is 0 Å². The third kappa shape index (κ3) is 3.83. The average Bonchev–Trinajstić information content (AvgIpc) is 2.36. The van der Waals surface area contributed by atoms with Crippen molar-refractivity contribution >= 4 is 15.7 Å². The highest BCUT2D eigenvalue weighted by molar-refractivity contribution is 7.91. The predicted molar refractivity (Wildman–Crippen MR) is 64.8 cm³/mol. The van der Waals surface area contributed by atoms with Gasteiger partial charge in [-0.2, -0.15) is 0 Å². The molecule has 0 saturated heterocycles. The number of carbonyl (C=O) groups excluding carboxylic acids is 1. The molecule has 0 aliphatic rings. The molecule has 3 N–H and O–H groups in total. The number of nitrogens with two attached hydrogens (primary N) is 1. The lowest BCUT2D eigenvalue weighted by molar-refractivity contribution is -0.121. The van der Waals surface area contributed by atoms with Crippen LogP contribution in [0.3, 0.4) is 0 Å². The summed E-state index contributed by atoms with van der Waals surface area (Å²) >= 11 is 0. The number of hydrogen-bond acceptors (Lipinski definition) is 4. The van der Waals surface area contributed by atoms with Gasteiger partial charge in [0.05, 0.1) is 10.6 Å². The first-order valence-corrected chi connectivity index (χ1v) is 6.96. The summed E-state index contributed by atoms with van der Waals surface area (Å²) in [4.78, 5) is 11.2. The SMILES string of the molecule is CCS(=O)(=O)c1ccc(CCC(=O)NN)cc1. The van der Waals surface area contributed by atoms with Gasteiger partial charge in [0.25, 0.3) is 0 Å². The molecule has 0 aromatic heterocycles. The second-order valence-electron chi connectivity index (χ2n) is 3.61. The fourth-order valence-electron chi connectivity index (χ4n) is 1.36. The maximum absolute atomic E-state index is 11.5. The van der Waals surface area contributed by atoms with Gasteiger partial charge in [-0.25, -0.2) is 14.3 Å². The van der Waals surface area contributed by atoms with Gasteiger partial charge in [0.2, 0.25) is 5.91 Å². The van der Waals surface area contributed by atoms with Gasteiger partial charge in [-0.1, -0.05) is 19.1 Å². The van der Waals surface area contributed by atoms with E-state index in [-0.39, 0.29) is 18.1 Å². The van der Waals surface area contributed by atoms with E-state index < -0.39 is 9.84 Å². The van der Waals surface area contributed by atoms with Gasteiger partial charge in [0.15, 0.2) is 9.84 Å². The summed E-state index contributed by atoms with van der Waals surface area (Å²) in [7, 11) is -3.15. The Bertz CT molecular complexity index is 480. The Kier molecular flexibility index (Phi) is 4.65. The molecule has 0 heterocycles. The Hall–Kier alpha value is -1.40. The standard InChI is InChI=1S/C11H16N2O3S/c1-2-17(15,16)10-6-3-9(4-7-10)5-8-11(14)13-12/h3-4,6-7H,2,5,8,12H2,1H3,(H,13,14). The van der Waals surface area contributed by atoms with Crippen molar-refractivity contribution in [1.82, 2.24) is 5.43 Å². The first kappa shape index (κ1) is 13.7. The molecule has 1 amide bonds. The zero-order valence-electron chi connectivity index (χ0n) is 9.64. The van der Waals surface area contributed by atoms with E-state index in [0.717, 1.165) is 5.56 Å². The van der Waals surface area contributed by atoms with Crippen molar-refractivity contribution in [3.8, 4) is 0 Å². The number of carbonyl (C=O) groups is 1. The van der Waals surface area contributed by atoms with Gasteiger partial charge in [-0.05, 0) is 24.1 Å². The molecule has 0 spiro atoms. The largest absolute Gasteiger partial charge is 0.294 e. The highest BCUT2D eigenvalue weighted by atomic mass is 32.2. The fraction of sp³-hybridized carbons (Fsp3) is 0.364. The molecule has 0 aliphatic carbocycles. The van der Waals surface area contributed by atoms with Gasteiger partial charge in [-0.3, -0.25) is 10.2 Å². The molecule has 17 heavy (non-hydrogen) atoms. The monoisotopic (exact) mass is 256 g/mol. The zero-order chi connectivity index (χ0) is 12.9. The highest BCUT2D eigenvalue weighted by Crippen LogP contribution is 2.13.